The highest BCUT2D eigenvalue weighted by atomic mass is 35.5. The van der Waals surface area contributed by atoms with E-state index in [9.17, 15) is 4.79 Å². The summed E-state index contributed by atoms with van der Waals surface area (Å²) in [6.45, 7) is 1.06. The third kappa shape index (κ3) is 4.17. The smallest absolute Gasteiger partial charge is 0.322 e. The molecular weight excluding hydrogens is 386 g/mol. The van der Waals surface area contributed by atoms with Gasteiger partial charge in [0.2, 0.25) is 0 Å². The van der Waals surface area contributed by atoms with Crippen LogP contribution in [-0.4, -0.2) is 41.5 Å². The first-order valence-corrected chi connectivity index (χ1v) is 9.83. The van der Waals surface area contributed by atoms with Gasteiger partial charge in [0.15, 0.2) is 5.82 Å². The summed E-state index contributed by atoms with van der Waals surface area (Å²) in [4.78, 5) is 26.1. The van der Waals surface area contributed by atoms with Crippen LogP contribution < -0.4 is 10.2 Å². The van der Waals surface area contributed by atoms with Crippen molar-refractivity contribution in [3.63, 3.8) is 0 Å². The molecule has 4 rings (SSSR count). The predicted octanol–water partition coefficient (Wildman–Crippen LogP) is 4.45. The first kappa shape index (κ1) is 19.2. The molecular formula is C22H22ClN5O. The standard InChI is InChI=1S/C22H22ClN5O/c1-27(2)21-18-14-28(22(29)24-17-10-6-9-16(23)13-17)12-11-19(18)25-20(26-21)15-7-4-3-5-8-15/h3-10,13H,11-12,14H2,1-2H3,(H,24,29). The van der Waals surface area contributed by atoms with Crippen LogP contribution in [0.15, 0.2) is 54.6 Å². The van der Waals surface area contributed by atoms with Crippen molar-refractivity contribution < 1.29 is 4.79 Å². The number of amides is 2. The largest absolute Gasteiger partial charge is 0.362 e. The lowest BCUT2D eigenvalue weighted by Crippen LogP contribution is -2.40. The Morgan fingerprint density at radius 2 is 1.90 bits per heavy atom. The van der Waals surface area contributed by atoms with E-state index in [0.717, 1.165) is 22.6 Å². The van der Waals surface area contributed by atoms with Gasteiger partial charge in [-0.25, -0.2) is 14.8 Å². The fourth-order valence-corrected chi connectivity index (χ4v) is 3.62. The summed E-state index contributed by atoms with van der Waals surface area (Å²) >= 11 is 6.02. The van der Waals surface area contributed by atoms with Crippen molar-refractivity contribution in [2.75, 3.05) is 30.9 Å². The Balaban J connectivity index is 1.61. The number of fused-ring (bicyclic) bond motifs is 1. The number of anilines is 2. The van der Waals surface area contributed by atoms with E-state index in [2.05, 4.69) is 5.32 Å². The highest BCUT2D eigenvalue weighted by Crippen LogP contribution is 2.29. The first-order valence-electron chi connectivity index (χ1n) is 9.45. The van der Waals surface area contributed by atoms with Gasteiger partial charge in [0.25, 0.3) is 0 Å². The van der Waals surface area contributed by atoms with Crippen molar-refractivity contribution in [2.45, 2.75) is 13.0 Å². The van der Waals surface area contributed by atoms with E-state index in [-0.39, 0.29) is 6.03 Å². The van der Waals surface area contributed by atoms with Crippen molar-refractivity contribution in [1.29, 1.82) is 0 Å². The van der Waals surface area contributed by atoms with E-state index in [1.807, 2.05) is 61.5 Å². The summed E-state index contributed by atoms with van der Waals surface area (Å²) in [6.07, 6.45) is 0.682. The van der Waals surface area contributed by atoms with Crippen molar-refractivity contribution in [3.8, 4) is 11.4 Å². The second kappa shape index (κ2) is 8.09. The number of aromatic nitrogens is 2. The molecule has 6 nitrogen and oxygen atoms in total. The number of urea groups is 1. The van der Waals surface area contributed by atoms with Gasteiger partial charge in [0.05, 0.1) is 12.2 Å². The summed E-state index contributed by atoms with van der Waals surface area (Å²) in [5.74, 6) is 1.55. The Labute approximate surface area is 175 Å². The third-order valence-electron chi connectivity index (χ3n) is 4.86. The van der Waals surface area contributed by atoms with Gasteiger partial charge in [0.1, 0.15) is 5.82 Å². The molecule has 0 saturated heterocycles. The number of carbonyl (C=O) groups excluding carboxylic acids is 1. The molecule has 2 aromatic carbocycles. The number of rotatable bonds is 3. The Kier molecular flexibility index (Phi) is 5.36. The zero-order valence-electron chi connectivity index (χ0n) is 16.4. The van der Waals surface area contributed by atoms with Crippen LogP contribution in [0.5, 0.6) is 0 Å². The Bertz CT molecular complexity index is 1040. The van der Waals surface area contributed by atoms with E-state index in [0.29, 0.717) is 36.0 Å². The van der Waals surface area contributed by atoms with Crippen molar-refractivity contribution in [3.05, 3.63) is 70.9 Å². The zero-order valence-corrected chi connectivity index (χ0v) is 17.1. The minimum Gasteiger partial charge on any atom is -0.362 e. The minimum atomic E-state index is -0.158. The lowest BCUT2D eigenvalue weighted by atomic mass is 10.1. The van der Waals surface area contributed by atoms with Crippen LogP contribution in [-0.2, 0) is 13.0 Å². The number of halogens is 1. The highest BCUT2D eigenvalue weighted by molar-refractivity contribution is 6.30. The molecule has 0 radical (unpaired) electrons. The summed E-state index contributed by atoms with van der Waals surface area (Å²) in [7, 11) is 3.92. The van der Waals surface area contributed by atoms with E-state index >= 15 is 0 Å². The Hall–Kier alpha value is -3.12. The molecule has 0 aliphatic carbocycles. The van der Waals surface area contributed by atoms with Gasteiger partial charge in [-0.2, -0.15) is 0 Å². The van der Waals surface area contributed by atoms with E-state index in [1.54, 1.807) is 17.0 Å². The SMILES string of the molecule is CN(C)c1nc(-c2ccccc2)nc2c1CN(C(=O)Nc1cccc(Cl)c1)CC2. The van der Waals surface area contributed by atoms with Crippen LogP contribution in [0.2, 0.25) is 5.02 Å². The van der Waals surface area contributed by atoms with Crippen molar-refractivity contribution in [2.24, 2.45) is 0 Å². The average molecular weight is 408 g/mol. The molecule has 0 spiro atoms. The molecule has 148 valence electrons. The van der Waals surface area contributed by atoms with Gasteiger partial charge in [-0.15, -0.1) is 0 Å². The molecule has 0 atom stereocenters. The van der Waals surface area contributed by atoms with Crippen LogP contribution >= 0.6 is 11.6 Å². The lowest BCUT2D eigenvalue weighted by molar-refractivity contribution is 0.206. The minimum absolute atomic E-state index is 0.158. The topological polar surface area (TPSA) is 61.4 Å². The van der Waals surface area contributed by atoms with Gasteiger partial charge in [-0.3, -0.25) is 0 Å². The van der Waals surface area contributed by atoms with E-state index in [4.69, 9.17) is 21.6 Å². The molecule has 7 heteroatoms. The second-order valence-corrected chi connectivity index (χ2v) is 7.61. The molecule has 3 aromatic rings. The van der Waals surface area contributed by atoms with Gasteiger partial charge in [-0.05, 0) is 18.2 Å². The van der Waals surface area contributed by atoms with Crippen LogP contribution in [0.25, 0.3) is 11.4 Å². The van der Waals surface area contributed by atoms with Gasteiger partial charge >= 0.3 is 6.03 Å². The molecule has 1 aromatic heterocycles. The molecule has 0 unspecified atom stereocenters. The Morgan fingerprint density at radius 1 is 1.10 bits per heavy atom. The number of nitrogens with zero attached hydrogens (tertiary/aromatic N) is 4. The molecule has 2 amide bonds. The third-order valence-corrected chi connectivity index (χ3v) is 5.09. The summed E-state index contributed by atoms with van der Waals surface area (Å²) in [6, 6.07) is 16.9. The van der Waals surface area contributed by atoms with Gasteiger partial charge in [-0.1, -0.05) is 48.0 Å². The van der Waals surface area contributed by atoms with E-state index in [1.165, 1.54) is 0 Å². The summed E-state index contributed by atoms with van der Waals surface area (Å²) in [5, 5.41) is 3.50. The monoisotopic (exact) mass is 407 g/mol. The fraction of sp³-hybridized carbons (Fsp3) is 0.227. The molecule has 0 bridgehead atoms. The Morgan fingerprint density at radius 3 is 2.62 bits per heavy atom. The number of hydrogen-bond donors (Lipinski definition) is 1. The molecule has 1 aliphatic heterocycles. The maximum absolute atomic E-state index is 12.8. The first-order chi connectivity index (χ1) is 14.0. The molecule has 1 N–H and O–H groups in total. The molecule has 2 heterocycles. The average Bonchev–Trinajstić information content (AvgIpc) is 2.73. The molecule has 1 aliphatic rings. The van der Waals surface area contributed by atoms with Crippen LogP contribution in [0.4, 0.5) is 16.3 Å². The van der Waals surface area contributed by atoms with Gasteiger partial charge < -0.3 is 15.1 Å². The number of nitrogens with one attached hydrogen (secondary N) is 1. The van der Waals surface area contributed by atoms with Crippen LogP contribution in [0.3, 0.4) is 0 Å². The van der Waals surface area contributed by atoms with Crippen molar-refractivity contribution in [1.82, 2.24) is 14.9 Å². The zero-order chi connectivity index (χ0) is 20.4. The summed E-state index contributed by atoms with van der Waals surface area (Å²) < 4.78 is 0. The second-order valence-electron chi connectivity index (χ2n) is 7.17. The summed E-state index contributed by atoms with van der Waals surface area (Å²) in [5.41, 5.74) is 3.65. The quantitative estimate of drug-likeness (QED) is 0.696. The highest BCUT2D eigenvalue weighted by Gasteiger charge is 2.26. The molecule has 0 fully saturated rings. The lowest BCUT2D eigenvalue weighted by Gasteiger charge is -2.31. The maximum Gasteiger partial charge on any atom is 0.322 e. The van der Waals surface area contributed by atoms with Crippen LogP contribution in [0, 0.1) is 0 Å². The predicted molar refractivity (Wildman–Crippen MR) is 116 cm³/mol. The normalized spacial score (nSPS) is 13.0. The van der Waals surface area contributed by atoms with Crippen molar-refractivity contribution >= 4 is 29.1 Å². The number of benzene rings is 2. The molecule has 0 saturated carbocycles. The van der Waals surface area contributed by atoms with Crippen LogP contribution in [0.1, 0.15) is 11.3 Å². The number of hydrogen-bond acceptors (Lipinski definition) is 4. The molecule has 29 heavy (non-hydrogen) atoms. The maximum atomic E-state index is 12.8. The van der Waals surface area contributed by atoms with E-state index < -0.39 is 0 Å². The fourth-order valence-electron chi connectivity index (χ4n) is 3.43. The number of carbonyl (C=O) groups is 1. The van der Waals surface area contributed by atoms with Gasteiger partial charge in [0, 0.05) is 48.9 Å².